The molecule has 13 heavy (non-hydrogen) atoms. The summed E-state index contributed by atoms with van der Waals surface area (Å²) in [5.41, 5.74) is 0. The fraction of sp³-hybridized carbons (Fsp3) is 1.00. The SMILES string of the molecule is CCOC(CNS(C)(=O)=O)OCC. The molecule has 0 saturated carbocycles. The molecule has 0 atom stereocenters. The Labute approximate surface area is 79.5 Å². The average Bonchev–Trinajstić information content (AvgIpc) is 2.00. The van der Waals surface area contributed by atoms with Gasteiger partial charge in [-0.05, 0) is 13.8 Å². The average molecular weight is 211 g/mol. The molecule has 0 heterocycles. The van der Waals surface area contributed by atoms with E-state index in [1.54, 1.807) is 0 Å². The number of rotatable bonds is 7. The molecule has 0 aliphatic heterocycles. The van der Waals surface area contributed by atoms with Crippen LogP contribution in [0.5, 0.6) is 0 Å². The molecule has 6 heteroatoms. The Morgan fingerprint density at radius 2 is 1.69 bits per heavy atom. The highest BCUT2D eigenvalue weighted by Gasteiger charge is 2.10. The van der Waals surface area contributed by atoms with Crippen molar-refractivity contribution in [1.29, 1.82) is 0 Å². The van der Waals surface area contributed by atoms with E-state index in [0.29, 0.717) is 13.2 Å². The van der Waals surface area contributed by atoms with Crippen LogP contribution < -0.4 is 4.72 Å². The van der Waals surface area contributed by atoms with Crippen LogP contribution in [0.3, 0.4) is 0 Å². The first-order valence-electron chi connectivity index (χ1n) is 4.17. The lowest BCUT2D eigenvalue weighted by molar-refractivity contribution is -0.130. The second-order valence-corrected chi connectivity index (χ2v) is 4.29. The van der Waals surface area contributed by atoms with Crippen molar-refractivity contribution in [2.24, 2.45) is 0 Å². The van der Waals surface area contributed by atoms with E-state index in [2.05, 4.69) is 4.72 Å². The van der Waals surface area contributed by atoms with Crippen LogP contribution >= 0.6 is 0 Å². The molecule has 5 nitrogen and oxygen atoms in total. The largest absolute Gasteiger partial charge is 0.352 e. The molecule has 0 fully saturated rings. The van der Waals surface area contributed by atoms with Gasteiger partial charge in [0.1, 0.15) is 0 Å². The normalized spacial score (nSPS) is 12.3. The topological polar surface area (TPSA) is 64.6 Å². The molecule has 0 aromatic rings. The molecule has 1 N–H and O–H groups in total. The van der Waals surface area contributed by atoms with Gasteiger partial charge in [-0.25, -0.2) is 13.1 Å². The Hall–Kier alpha value is -0.170. The minimum absolute atomic E-state index is 0.153. The number of hydrogen-bond donors (Lipinski definition) is 1. The molecule has 0 amide bonds. The zero-order valence-electron chi connectivity index (χ0n) is 8.24. The molecule has 0 aromatic heterocycles. The van der Waals surface area contributed by atoms with Crippen molar-refractivity contribution in [3.8, 4) is 0 Å². The van der Waals surface area contributed by atoms with Crippen molar-refractivity contribution < 1.29 is 17.9 Å². The predicted molar refractivity (Wildman–Crippen MR) is 49.9 cm³/mol. The molecule has 0 spiro atoms. The highest BCUT2D eigenvalue weighted by molar-refractivity contribution is 7.88. The quantitative estimate of drug-likeness (QED) is 0.599. The summed E-state index contributed by atoms with van der Waals surface area (Å²) in [6.07, 6.45) is 0.604. The van der Waals surface area contributed by atoms with E-state index in [1.807, 2.05) is 13.8 Å². The van der Waals surface area contributed by atoms with Gasteiger partial charge in [-0.15, -0.1) is 0 Å². The Bertz CT molecular complexity index is 209. The maximum Gasteiger partial charge on any atom is 0.208 e. The smallest absolute Gasteiger partial charge is 0.208 e. The fourth-order valence-corrected chi connectivity index (χ4v) is 1.20. The number of sulfonamides is 1. The summed E-state index contributed by atoms with van der Waals surface area (Å²) < 4.78 is 34.0. The van der Waals surface area contributed by atoms with Crippen molar-refractivity contribution >= 4 is 10.0 Å². The second-order valence-electron chi connectivity index (χ2n) is 2.46. The van der Waals surface area contributed by atoms with Gasteiger partial charge in [0, 0.05) is 13.2 Å². The van der Waals surface area contributed by atoms with Gasteiger partial charge in [-0.2, -0.15) is 0 Å². The standard InChI is InChI=1S/C7H17NO4S/c1-4-11-7(12-5-2)6-8-13(3,9)10/h7-8H,4-6H2,1-3H3. The van der Waals surface area contributed by atoms with Crippen molar-refractivity contribution in [3.63, 3.8) is 0 Å². The first kappa shape index (κ1) is 12.8. The van der Waals surface area contributed by atoms with Gasteiger partial charge in [0.25, 0.3) is 0 Å². The van der Waals surface area contributed by atoms with Gasteiger partial charge in [0.05, 0.1) is 12.8 Å². The molecule has 0 radical (unpaired) electrons. The summed E-state index contributed by atoms with van der Waals surface area (Å²) in [6, 6.07) is 0. The monoisotopic (exact) mass is 211 g/mol. The van der Waals surface area contributed by atoms with Gasteiger partial charge in [-0.3, -0.25) is 0 Å². The molecule has 0 saturated heterocycles. The van der Waals surface area contributed by atoms with Crippen LogP contribution in [0.25, 0.3) is 0 Å². The van der Waals surface area contributed by atoms with Crippen molar-refractivity contribution in [2.45, 2.75) is 20.1 Å². The summed E-state index contributed by atoms with van der Waals surface area (Å²) in [5.74, 6) is 0. The Kier molecular flexibility index (Phi) is 6.23. The van der Waals surface area contributed by atoms with Gasteiger partial charge in [-0.1, -0.05) is 0 Å². The van der Waals surface area contributed by atoms with E-state index < -0.39 is 16.3 Å². The number of hydrogen-bond acceptors (Lipinski definition) is 4. The van der Waals surface area contributed by atoms with E-state index >= 15 is 0 Å². The molecule has 0 bridgehead atoms. The van der Waals surface area contributed by atoms with E-state index in [4.69, 9.17) is 9.47 Å². The summed E-state index contributed by atoms with van der Waals surface area (Å²) in [6.45, 7) is 4.80. The van der Waals surface area contributed by atoms with Crippen LogP contribution in [0.1, 0.15) is 13.8 Å². The molecule has 80 valence electrons. The predicted octanol–water partition coefficient (Wildman–Crippen LogP) is -0.0653. The molecule has 0 aromatic carbocycles. The van der Waals surface area contributed by atoms with Crippen LogP contribution in [-0.4, -0.2) is 40.7 Å². The third kappa shape index (κ3) is 8.17. The molecule has 0 unspecified atom stereocenters. The van der Waals surface area contributed by atoms with Crippen LogP contribution in [-0.2, 0) is 19.5 Å². The first-order chi connectivity index (χ1) is 5.99. The zero-order chi connectivity index (χ0) is 10.3. The summed E-state index contributed by atoms with van der Waals surface area (Å²) >= 11 is 0. The van der Waals surface area contributed by atoms with Crippen LogP contribution in [0.4, 0.5) is 0 Å². The molecular weight excluding hydrogens is 194 g/mol. The number of nitrogens with one attached hydrogen (secondary N) is 1. The van der Waals surface area contributed by atoms with Crippen molar-refractivity contribution in [1.82, 2.24) is 4.72 Å². The maximum absolute atomic E-state index is 10.7. The lowest BCUT2D eigenvalue weighted by Gasteiger charge is -2.16. The van der Waals surface area contributed by atoms with Gasteiger partial charge < -0.3 is 9.47 Å². The van der Waals surface area contributed by atoms with E-state index in [9.17, 15) is 8.42 Å². The van der Waals surface area contributed by atoms with Crippen molar-refractivity contribution in [3.05, 3.63) is 0 Å². The molecule has 0 aliphatic rings. The number of ether oxygens (including phenoxy) is 2. The van der Waals surface area contributed by atoms with Crippen molar-refractivity contribution in [2.75, 3.05) is 26.0 Å². The highest BCUT2D eigenvalue weighted by Crippen LogP contribution is 1.93. The van der Waals surface area contributed by atoms with Gasteiger partial charge in [0.2, 0.25) is 10.0 Å². The lowest BCUT2D eigenvalue weighted by Crippen LogP contribution is -2.34. The zero-order valence-corrected chi connectivity index (χ0v) is 9.06. The minimum atomic E-state index is -3.17. The van der Waals surface area contributed by atoms with Gasteiger partial charge >= 0.3 is 0 Å². The maximum atomic E-state index is 10.7. The lowest BCUT2D eigenvalue weighted by atomic mass is 10.6. The van der Waals surface area contributed by atoms with E-state index in [0.717, 1.165) is 6.26 Å². The summed E-state index contributed by atoms with van der Waals surface area (Å²) in [5, 5.41) is 0. The first-order valence-corrected chi connectivity index (χ1v) is 6.06. The second kappa shape index (κ2) is 6.31. The molecule has 0 rings (SSSR count). The summed E-state index contributed by atoms with van der Waals surface area (Å²) in [7, 11) is -3.17. The van der Waals surface area contributed by atoms with Gasteiger partial charge in [0.15, 0.2) is 6.29 Å². The van der Waals surface area contributed by atoms with Crippen LogP contribution in [0.2, 0.25) is 0 Å². The Morgan fingerprint density at radius 3 is 2.00 bits per heavy atom. The Balaban J connectivity index is 3.81. The summed E-state index contributed by atoms with van der Waals surface area (Å²) in [4.78, 5) is 0. The van der Waals surface area contributed by atoms with E-state index in [-0.39, 0.29) is 6.54 Å². The van der Waals surface area contributed by atoms with E-state index in [1.165, 1.54) is 0 Å². The Morgan fingerprint density at radius 1 is 1.23 bits per heavy atom. The third-order valence-electron chi connectivity index (χ3n) is 1.22. The van der Waals surface area contributed by atoms with Crippen LogP contribution in [0.15, 0.2) is 0 Å². The minimum Gasteiger partial charge on any atom is -0.352 e. The molecular formula is C7H17NO4S. The fourth-order valence-electron chi connectivity index (χ4n) is 0.757. The van der Waals surface area contributed by atoms with Crippen LogP contribution in [0, 0.1) is 0 Å². The third-order valence-corrected chi connectivity index (χ3v) is 1.91. The highest BCUT2D eigenvalue weighted by atomic mass is 32.2. The molecule has 0 aliphatic carbocycles.